The highest BCUT2D eigenvalue weighted by atomic mass is 32.2. The molecular weight excluding hydrogens is 430 g/mol. The number of benzene rings is 2. The van der Waals surface area contributed by atoms with E-state index in [1.54, 1.807) is 54.6 Å². The minimum Gasteiger partial charge on any atom is -0.495 e. The van der Waals surface area contributed by atoms with Crippen LogP contribution in [0, 0.1) is 0 Å². The topological polar surface area (TPSA) is 97.0 Å². The largest absolute Gasteiger partial charge is 0.495 e. The van der Waals surface area contributed by atoms with Gasteiger partial charge in [-0.05, 0) is 37.3 Å². The number of allylic oxidation sites excluding steroid dienone is 3. The quantitative estimate of drug-likeness (QED) is 0.466. The fraction of sp³-hybridized carbons (Fsp3) is 0.261. The smallest absolute Gasteiger partial charge is 0.264 e. The number of sulfonamides is 1. The van der Waals surface area contributed by atoms with Crippen molar-refractivity contribution in [1.29, 1.82) is 0 Å². The monoisotopic (exact) mass is 457 g/mol. The minimum absolute atomic E-state index is 0.0561. The number of anilines is 3. The Bertz CT molecular complexity index is 1110. The minimum atomic E-state index is -4.00. The molecule has 0 spiro atoms. The van der Waals surface area contributed by atoms with Crippen molar-refractivity contribution in [2.24, 2.45) is 0 Å². The third kappa shape index (κ3) is 5.89. The van der Waals surface area contributed by atoms with Crippen molar-refractivity contribution in [3.05, 3.63) is 66.8 Å². The lowest BCUT2D eigenvalue weighted by atomic mass is 10.2. The van der Waals surface area contributed by atoms with E-state index in [4.69, 9.17) is 9.47 Å². The SMILES string of the molecule is C/C=C/C=C/C(=O)Nc1ccc(N2CCOCC2)c(S(=O)(=O)Nc2ccccc2OC)c1. The van der Waals surface area contributed by atoms with Gasteiger partial charge in [-0.2, -0.15) is 0 Å². The number of para-hydroxylation sites is 2. The maximum Gasteiger partial charge on any atom is 0.264 e. The molecule has 0 radical (unpaired) electrons. The number of carbonyl (C=O) groups excluding carboxylic acids is 1. The molecule has 1 saturated heterocycles. The van der Waals surface area contributed by atoms with Crippen molar-refractivity contribution in [1.82, 2.24) is 0 Å². The van der Waals surface area contributed by atoms with Crippen LogP contribution in [0.25, 0.3) is 0 Å². The molecule has 0 unspecified atom stereocenters. The van der Waals surface area contributed by atoms with E-state index in [0.717, 1.165) is 0 Å². The van der Waals surface area contributed by atoms with E-state index in [1.807, 2.05) is 11.8 Å². The Balaban J connectivity index is 1.98. The first-order valence-corrected chi connectivity index (χ1v) is 11.7. The molecular formula is C23H27N3O5S. The van der Waals surface area contributed by atoms with Gasteiger partial charge in [0.1, 0.15) is 10.6 Å². The van der Waals surface area contributed by atoms with E-state index in [9.17, 15) is 13.2 Å². The van der Waals surface area contributed by atoms with Crippen molar-refractivity contribution in [2.45, 2.75) is 11.8 Å². The van der Waals surface area contributed by atoms with Gasteiger partial charge in [-0.3, -0.25) is 9.52 Å². The number of morpholine rings is 1. The van der Waals surface area contributed by atoms with Gasteiger partial charge in [-0.25, -0.2) is 8.42 Å². The second-order valence-electron chi connectivity index (χ2n) is 6.96. The molecule has 0 saturated carbocycles. The van der Waals surface area contributed by atoms with Crippen LogP contribution < -0.4 is 19.7 Å². The Kier molecular flexibility index (Phi) is 7.91. The number of ether oxygens (including phenoxy) is 2. The van der Waals surface area contributed by atoms with E-state index in [-0.39, 0.29) is 10.8 Å². The summed E-state index contributed by atoms with van der Waals surface area (Å²) in [6.45, 7) is 3.99. The zero-order valence-corrected chi connectivity index (χ0v) is 18.9. The summed E-state index contributed by atoms with van der Waals surface area (Å²) in [5.74, 6) is 0.0471. The molecule has 0 atom stereocenters. The predicted molar refractivity (Wildman–Crippen MR) is 126 cm³/mol. The van der Waals surface area contributed by atoms with Gasteiger partial charge >= 0.3 is 0 Å². The lowest BCUT2D eigenvalue weighted by Gasteiger charge is -2.30. The fourth-order valence-electron chi connectivity index (χ4n) is 3.24. The average Bonchev–Trinajstić information content (AvgIpc) is 2.80. The second kappa shape index (κ2) is 10.8. The lowest BCUT2D eigenvalue weighted by molar-refractivity contribution is -0.111. The first-order chi connectivity index (χ1) is 15.4. The molecule has 32 heavy (non-hydrogen) atoms. The Hall–Kier alpha value is -3.30. The van der Waals surface area contributed by atoms with Gasteiger partial charge in [0, 0.05) is 24.9 Å². The Morgan fingerprint density at radius 1 is 1.12 bits per heavy atom. The summed E-state index contributed by atoms with van der Waals surface area (Å²) >= 11 is 0. The van der Waals surface area contributed by atoms with Crippen LogP contribution in [0.2, 0.25) is 0 Å². The highest BCUT2D eigenvalue weighted by Crippen LogP contribution is 2.33. The van der Waals surface area contributed by atoms with Crippen molar-refractivity contribution >= 4 is 33.0 Å². The number of nitrogens with zero attached hydrogens (tertiary/aromatic N) is 1. The molecule has 2 N–H and O–H groups in total. The normalized spacial score (nSPS) is 14.6. The van der Waals surface area contributed by atoms with Crippen LogP contribution in [0.5, 0.6) is 5.75 Å². The van der Waals surface area contributed by atoms with E-state index in [2.05, 4.69) is 10.0 Å². The number of methoxy groups -OCH3 is 1. The number of carbonyl (C=O) groups is 1. The summed E-state index contributed by atoms with van der Waals surface area (Å²) < 4.78 is 40.1. The summed E-state index contributed by atoms with van der Waals surface area (Å²) in [5, 5.41) is 2.71. The molecule has 2 aromatic rings. The van der Waals surface area contributed by atoms with E-state index in [0.29, 0.717) is 49.1 Å². The molecule has 170 valence electrons. The number of hydrogen-bond acceptors (Lipinski definition) is 6. The summed E-state index contributed by atoms with van der Waals surface area (Å²) in [6.07, 6.45) is 6.51. The van der Waals surface area contributed by atoms with E-state index >= 15 is 0 Å². The first kappa shape index (κ1) is 23.4. The van der Waals surface area contributed by atoms with Crippen molar-refractivity contribution in [2.75, 3.05) is 48.4 Å². The van der Waals surface area contributed by atoms with Gasteiger partial charge in [-0.1, -0.05) is 30.4 Å². The third-order valence-electron chi connectivity index (χ3n) is 4.77. The van der Waals surface area contributed by atoms with Crippen molar-refractivity contribution in [3.63, 3.8) is 0 Å². The van der Waals surface area contributed by atoms with Crippen LogP contribution in [0.15, 0.2) is 71.7 Å². The number of hydrogen-bond donors (Lipinski definition) is 2. The molecule has 1 aliphatic rings. The van der Waals surface area contributed by atoms with Gasteiger partial charge in [0.15, 0.2) is 0 Å². The summed E-state index contributed by atoms with van der Waals surface area (Å²) in [7, 11) is -2.52. The molecule has 1 fully saturated rings. The highest BCUT2D eigenvalue weighted by molar-refractivity contribution is 7.93. The average molecular weight is 458 g/mol. The van der Waals surface area contributed by atoms with Gasteiger partial charge in [0.2, 0.25) is 5.91 Å². The zero-order valence-electron chi connectivity index (χ0n) is 18.1. The number of amides is 1. The number of rotatable bonds is 8. The third-order valence-corrected chi connectivity index (χ3v) is 6.17. The van der Waals surface area contributed by atoms with Crippen LogP contribution >= 0.6 is 0 Å². The van der Waals surface area contributed by atoms with Crippen LogP contribution in [0.3, 0.4) is 0 Å². The lowest BCUT2D eigenvalue weighted by Crippen LogP contribution is -2.37. The molecule has 1 amide bonds. The summed E-state index contributed by atoms with van der Waals surface area (Å²) in [6, 6.07) is 11.6. The Morgan fingerprint density at radius 2 is 1.88 bits per heavy atom. The summed E-state index contributed by atoms with van der Waals surface area (Å²) in [4.78, 5) is 14.2. The fourth-order valence-corrected chi connectivity index (χ4v) is 4.56. The predicted octanol–water partition coefficient (Wildman–Crippen LogP) is 3.40. The van der Waals surface area contributed by atoms with Crippen LogP contribution in [0.4, 0.5) is 17.1 Å². The van der Waals surface area contributed by atoms with Crippen LogP contribution in [-0.4, -0.2) is 47.7 Å². The van der Waals surface area contributed by atoms with Gasteiger partial charge in [-0.15, -0.1) is 0 Å². The molecule has 3 rings (SSSR count). The van der Waals surface area contributed by atoms with Crippen molar-refractivity contribution in [3.8, 4) is 5.75 Å². The van der Waals surface area contributed by atoms with Crippen molar-refractivity contribution < 1.29 is 22.7 Å². The zero-order chi connectivity index (χ0) is 23.0. The molecule has 0 aromatic heterocycles. The second-order valence-corrected chi connectivity index (χ2v) is 8.61. The first-order valence-electron chi connectivity index (χ1n) is 10.2. The Morgan fingerprint density at radius 3 is 2.59 bits per heavy atom. The molecule has 1 heterocycles. The highest BCUT2D eigenvalue weighted by Gasteiger charge is 2.25. The molecule has 9 heteroatoms. The molecule has 0 aliphatic carbocycles. The van der Waals surface area contributed by atoms with Crippen LogP contribution in [0.1, 0.15) is 6.92 Å². The molecule has 2 aromatic carbocycles. The molecule has 0 bridgehead atoms. The maximum absolute atomic E-state index is 13.4. The molecule has 8 nitrogen and oxygen atoms in total. The van der Waals surface area contributed by atoms with Crippen LogP contribution in [-0.2, 0) is 19.6 Å². The van der Waals surface area contributed by atoms with E-state index in [1.165, 1.54) is 19.3 Å². The molecule has 1 aliphatic heterocycles. The Labute approximate surface area is 188 Å². The van der Waals surface area contributed by atoms with Gasteiger partial charge in [0.05, 0.1) is 31.7 Å². The maximum atomic E-state index is 13.4. The number of nitrogens with one attached hydrogen (secondary N) is 2. The van der Waals surface area contributed by atoms with Gasteiger partial charge in [0.25, 0.3) is 10.0 Å². The standard InChI is InChI=1S/C23H27N3O5S/c1-3-4-5-10-23(27)24-18-11-12-20(26-13-15-31-16-14-26)22(17-18)32(28,29)25-19-8-6-7-9-21(19)30-2/h3-12,17,25H,13-16H2,1-2H3,(H,24,27)/b4-3+,10-5+. The van der Waals surface area contributed by atoms with E-state index < -0.39 is 10.0 Å². The summed E-state index contributed by atoms with van der Waals surface area (Å²) in [5.41, 5.74) is 1.24. The van der Waals surface area contributed by atoms with Gasteiger partial charge < -0.3 is 19.7 Å².